The molecule has 90 valence electrons. The van der Waals surface area contributed by atoms with Gasteiger partial charge in [0, 0.05) is 12.8 Å². The summed E-state index contributed by atoms with van der Waals surface area (Å²) in [5, 5.41) is 11.1. The zero-order valence-corrected chi connectivity index (χ0v) is 9.40. The van der Waals surface area contributed by atoms with E-state index in [0.29, 0.717) is 6.54 Å². The lowest BCUT2D eigenvalue weighted by molar-refractivity contribution is -0.141. The number of hydrogen-bond acceptors (Lipinski definition) is 3. The second kappa shape index (κ2) is 7.71. The van der Waals surface area contributed by atoms with Crippen LogP contribution in [0.1, 0.15) is 26.2 Å². The Hall–Kier alpha value is -1.54. The third-order valence-corrected chi connectivity index (χ3v) is 2.34. The van der Waals surface area contributed by atoms with Gasteiger partial charge in [-0.3, -0.25) is 4.79 Å². The van der Waals surface area contributed by atoms with Crippen molar-refractivity contribution >= 4 is 11.9 Å². The summed E-state index contributed by atoms with van der Waals surface area (Å²) in [6, 6.07) is -1.01. The quantitative estimate of drug-likeness (QED) is 0.531. The largest absolute Gasteiger partial charge is 0.480 e. The fraction of sp³-hybridized carbons (Fsp3) is 0.636. The van der Waals surface area contributed by atoms with Crippen LogP contribution in [0, 0.1) is 18.3 Å². The highest BCUT2D eigenvalue weighted by molar-refractivity contribution is 5.83. The Morgan fingerprint density at radius 1 is 1.56 bits per heavy atom. The molecule has 0 aliphatic heterocycles. The second-order valence-electron chi connectivity index (χ2n) is 3.58. The Morgan fingerprint density at radius 3 is 2.56 bits per heavy atom. The smallest absolute Gasteiger partial charge is 0.327 e. The zero-order valence-electron chi connectivity index (χ0n) is 9.40. The highest BCUT2D eigenvalue weighted by Crippen LogP contribution is 2.06. The van der Waals surface area contributed by atoms with E-state index < -0.39 is 12.0 Å². The Balaban J connectivity index is 4.20. The van der Waals surface area contributed by atoms with Gasteiger partial charge in [-0.15, -0.1) is 12.3 Å². The Kier molecular flexibility index (Phi) is 6.97. The fourth-order valence-corrected chi connectivity index (χ4v) is 1.23. The number of amides is 1. The van der Waals surface area contributed by atoms with Gasteiger partial charge in [0.2, 0.25) is 5.91 Å². The monoisotopic (exact) mass is 226 g/mol. The van der Waals surface area contributed by atoms with Crippen LogP contribution in [-0.2, 0) is 9.59 Å². The molecule has 2 atom stereocenters. The number of nitrogens with two attached hydrogens (primary N) is 1. The van der Waals surface area contributed by atoms with E-state index in [0.717, 1.165) is 6.42 Å². The van der Waals surface area contributed by atoms with Gasteiger partial charge < -0.3 is 16.2 Å². The van der Waals surface area contributed by atoms with E-state index in [9.17, 15) is 9.59 Å². The van der Waals surface area contributed by atoms with Crippen LogP contribution in [0.15, 0.2) is 0 Å². The molecule has 0 aromatic rings. The predicted molar refractivity (Wildman–Crippen MR) is 60.5 cm³/mol. The summed E-state index contributed by atoms with van der Waals surface area (Å²) in [5.41, 5.74) is 5.45. The molecule has 4 N–H and O–H groups in total. The molecule has 2 unspecified atom stereocenters. The minimum absolute atomic E-state index is 0.0134. The average Bonchev–Trinajstić information content (AvgIpc) is 2.25. The van der Waals surface area contributed by atoms with Crippen LogP contribution >= 0.6 is 0 Å². The van der Waals surface area contributed by atoms with Gasteiger partial charge in [-0.25, -0.2) is 4.79 Å². The number of rotatable bonds is 7. The zero-order chi connectivity index (χ0) is 12.6. The summed E-state index contributed by atoms with van der Waals surface area (Å²) >= 11 is 0. The molecule has 0 radical (unpaired) electrons. The van der Waals surface area contributed by atoms with Crippen LogP contribution in [0.3, 0.4) is 0 Å². The molecule has 0 bridgehead atoms. The van der Waals surface area contributed by atoms with E-state index in [-0.39, 0.29) is 24.7 Å². The highest BCUT2D eigenvalue weighted by atomic mass is 16.4. The molecule has 5 nitrogen and oxygen atoms in total. The molecule has 1 amide bonds. The number of nitrogens with one attached hydrogen (secondary N) is 1. The molecule has 0 aliphatic carbocycles. The summed E-state index contributed by atoms with van der Waals surface area (Å²) in [6.45, 7) is 2.34. The molecule has 0 heterocycles. The Bertz CT molecular complexity index is 279. The average molecular weight is 226 g/mol. The summed E-state index contributed by atoms with van der Waals surface area (Å²) < 4.78 is 0. The van der Waals surface area contributed by atoms with Gasteiger partial charge in [0.25, 0.3) is 0 Å². The molecule has 0 aromatic heterocycles. The van der Waals surface area contributed by atoms with Crippen LogP contribution in [0.25, 0.3) is 0 Å². The molecule has 0 rings (SSSR count). The minimum Gasteiger partial charge on any atom is -0.480 e. The van der Waals surface area contributed by atoms with E-state index in [2.05, 4.69) is 11.2 Å². The molecular weight excluding hydrogens is 208 g/mol. The summed E-state index contributed by atoms with van der Waals surface area (Å²) in [6.07, 6.45) is 6.02. The van der Waals surface area contributed by atoms with E-state index >= 15 is 0 Å². The molecule has 5 heteroatoms. The van der Waals surface area contributed by atoms with Gasteiger partial charge in [-0.2, -0.15) is 0 Å². The topological polar surface area (TPSA) is 92.4 Å². The number of terminal acetylenes is 1. The fourth-order valence-electron chi connectivity index (χ4n) is 1.23. The van der Waals surface area contributed by atoms with Crippen molar-refractivity contribution in [1.29, 1.82) is 0 Å². The standard InChI is InChI=1S/C11H18N2O3/c1-3-5-9(11(15)16)13-10(14)6-8(4-2)7-12/h1,8-9H,4-7,12H2,2H3,(H,13,14)(H,15,16). The first kappa shape index (κ1) is 14.5. The SMILES string of the molecule is C#CCC(NC(=O)CC(CC)CN)C(=O)O. The van der Waals surface area contributed by atoms with Crippen molar-refractivity contribution in [3.8, 4) is 12.3 Å². The Labute approximate surface area is 95.4 Å². The second-order valence-corrected chi connectivity index (χ2v) is 3.58. The summed E-state index contributed by atoms with van der Waals surface area (Å²) in [5.74, 6) is 0.861. The number of carbonyl (C=O) groups excluding carboxylic acids is 1. The maximum atomic E-state index is 11.5. The van der Waals surface area contributed by atoms with Crippen LogP contribution in [-0.4, -0.2) is 29.6 Å². The van der Waals surface area contributed by atoms with E-state index in [1.807, 2.05) is 6.92 Å². The molecule has 0 aliphatic rings. The number of carboxylic acids is 1. The number of carbonyl (C=O) groups is 2. The van der Waals surface area contributed by atoms with Crippen molar-refractivity contribution in [2.24, 2.45) is 11.7 Å². The molecule has 0 fully saturated rings. The molecular formula is C11H18N2O3. The third kappa shape index (κ3) is 5.37. The van der Waals surface area contributed by atoms with Gasteiger partial charge in [-0.05, 0) is 12.5 Å². The molecule has 16 heavy (non-hydrogen) atoms. The van der Waals surface area contributed by atoms with Crippen molar-refractivity contribution < 1.29 is 14.7 Å². The molecule has 0 saturated carbocycles. The maximum Gasteiger partial charge on any atom is 0.327 e. The Morgan fingerprint density at radius 2 is 2.19 bits per heavy atom. The van der Waals surface area contributed by atoms with Crippen molar-refractivity contribution in [2.45, 2.75) is 32.2 Å². The van der Waals surface area contributed by atoms with Gasteiger partial charge in [0.05, 0.1) is 0 Å². The van der Waals surface area contributed by atoms with Crippen LogP contribution in [0.2, 0.25) is 0 Å². The first-order chi connectivity index (χ1) is 7.54. The number of aliphatic carboxylic acids is 1. The van der Waals surface area contributed by atoms with Gasteiger partial charge >= 0.3 is 5.97 Å². The first-order valence-electron chi connectivity index (χ1n) is 5.20. The normalized spacial score (nSPS) is 13.6. The van der Waals surface area contributed by atoms with Crippen LogP contribution < -0.4 is 11.1 Å². The lowest BCUT2D eigenvalue weighted by Crippen LogP contribution is -2.41. The van der Waals surface area contributed by atoms with Gasteiger partial charge in [0.15, 0.2) is 0 Å². The van der Waals surface area contributed by atoms with Gasteiger partial charge in [0.1, 0.15) is 6.04 Å². The van der Waals surface area contributed by atoms with Crippen LogP contribution in [0.5, 0.6) is 0 Å². The van der Waals surface area contributed by atoms with E-state index in [1.165, 1.54) is 0 Å². The first-order valence-corrected chi connectivity index (χ1v) is 5.20. The van der Waals surface area contributed by atoms with Crippen molar-refractivity contribution in [3.05, 3.63) is 0 Å². The van der Waals surface area contributed by atoms with E-state index in [4.69, 9.17) is 17.3 Å². The highest BCUT2D eigenvalue weighted by Gasteiger charge is 2.20. The van der Waals surface area contributed by atoms with Gasteiger partial charge in [-0.1, -0.05) is 13.3 Å². The molecule has 0 aromatic carbocycles. The predicted octanol–water partition coefficient (Wildman–Crippen LogP) is -0.0459. The van der Waals surface area contributed by atoms with E-state index in [1.54, 1.807) is 0 Å². The van der Waals surface area contributed by atoms with Crippen molar-refractivity contribution in [3.63, 3.8) is 0 Å². The lowest BCUT2D eigenvalue weighted by Gasteiger charge is -2.15. The maximum absolute atomic E-state index is 11.5. The number of hydrogen-bond donors (Lipinski definition) is 3. The molecule has 0 spiro atoms. The van der Waals surface area contributed by atoms with Crippen LogP contribution in [0.4, 0.5) is 0 Å². The third-order valence-electron chi connectivity index (χ3n) is 2.34. The van der Waals surface area contributed by atoms with Crippen molar-refractivity contribution in [1.82, 2.24) is 5.32 Å². The number of carboxylic acid groups (broad SMARTS) is 1. The summed E-state index contributed by atoms with van der Waals surface area (Å²) in [7, 11) is 0. The summed E-state index contributed by atoms with van der Waals surface area (Å²) in [4.78, 5) is 22.2. The molecule has 0 saturated heterocycles. The van der Waals surface area contributed by atoms with Crippen molar-refractivity contribution in [2.75, 3.05) is 6.54 Å². The lowest BCUT2D eigenvalue weighted by atomic mass is 10.0. The minimum atomic E-state index is -1.12.